The molecule has 114 valence electrons. The van der Waals surface area contributed by atoms with Gasteiger partial charge in [-0.15, -0.1) is 24.0 Å². The zero-order valence-corrected chi connectivity index (χ0v) is 14.9. The number of hydrogen-bond acceptors (Lipinski definition) is 3. The Morgan fingerprint density at radius 1 is 1.21 bits per heavy atom. The molecule has 6 nitrogen and oxygen atoms in total. The summed E-state index contributed by atoms with van der Waals surface area (Å²) in [6.45, 7) is 2.08. The largest absolute Gasteiger partial charge is 0.370 e. The lowest BCUT2D eigenvalue weighted by Crippen LogP contribution is -2.38. The molecule has 1 rings (SSSR count). The highest BCUT2D eigenvalue weighted by Crippen LogP contribution is 2.09. The van der Waals surface area contributed by atoms with Crippen LogP contribution < -0.4 is 5.73 Å². The van der Waals surface area contributed by atoms with Crippen LogP contribution in [0, 0.1) is 0 Å². The molecule has 0 spiro atoms. The maximum Gasteiger partial charge on any atom is 0.215 e. The van der Waals surface area contributed by atoms with Gasteiger partial charge in [0.2, 0.25) is 10.0 Å². The molecule has 1 saturated heterocycles. The summed E-state index contributed by atoms with van der Waals surface area (Å²) < 4.78 is 24.3. The molecule has 0 aromatic carbocycles. The molecule has 0 unspecified atom stereocenters. The predicted octanol–water partition coefficient (Wildman–Crippen LogP) is 0.686. The van der Waals surface area contributed by atoms with E-state index in [1.165, 1.54) is 31.2 Å². The van der Waals surface area contributed by atoms with Gasteiger partial charge in [-0.3, -0.25) is 4.99 Å². The summed E-state index contributed by atoms with van der Waals surface area (Å²) >= 11 is 0. The van der Waals surface area contributed by atoms with Crippen LogP contribution in [0.15, 0.2) is 4.99 Å². The Morgan fingerprint density at radius 2 is 1.74 bits per heavy atom. The molecule has 0 radical (unpaired) electrons. The molecule has 19 heavy (non-hydrogen) atoms. The van der Waals surface area contributed by atoms with E-state index in [0.29, 0.717) is 5.96 Å². The van der Waals surface area contributed by atoms with Crippen LogP contribution in [0.4, 0.5) is 0 Å². The Hall–Kier alpha value is -0.0900. The Morgan fingerprint density at radius 3 is 2.21 bits per heavy atom. The van der Waals surface area contributed by atoms with Gasteiger partial charge in [0.1, 0.15) is 0 Å². The van der Waals surface area contributed by atoms with Gasteiger partial charge in [0.05, 0.1) is 12.3 Å². The summed E-state index contributed by atoms with van der Waals surface area (Å²) in [4.78, 5) is 6.22. The lowest BCUT2D eigenvalue weighted by molar-refractivity contribution is 0.429. The minimum absolute atomic E-state index is 0. The lowest BCUT2D eigenvalue weighted by Gasteiger charge is -2.21. The monoisotopic (exact) mass is 404 g/mol. The molecule has 1 heterocycles. The minimum Gasteiger partial charge on any atom is -0.370 e. The van der Waals surface area contributed by atoms with Crippen molar-refractivity contribution in [1.82, 2.24) is 9.21 Å². The van der Waals surface area contributed by atoms with Crippen molar-refractivity contribution in [3.63, 3.8) is 0 Å². The lowest BCUT2D eigenvalue weighted by atomic mass is 10.2. The van der Waals surface area contributed by atoms with Gasteiger partial charge in [-0.1, -0.05) is 12.8 Å². The third-order valence-electron chi connectivity index (χ3n) is 3.11. The average Bonchev–Trinajstić information content (AvgIpc) is 2.56. The van der Waals surface area contributed by atoms with E-state index in [4.69, 9.17) is 5.73 Å². The maximum atomic E-state index is 11.5. The van der Waals surface area contributed by atoms with Crippen molar-refractivity contribution in [2.45, 2.75) is 25.7 Å². The number of sulfonamides is 1. The summed E-state index contributed by atoms with van der Waals surface area (Å²) in [5.41, 5.74) is 5.89. The van der Waals surface area contributed by atoms with Crippen molar-refractivity contribution in [3.05, 3.63) is 0 Å². The molecule has 1 aliphatic rings. The van der Waals surface area contributed by atoms with Gasteiger partial charge >= 0.3 is 0 Å². The average molecular weight is 404 g/mol. The number of nitrogens with zero attached hydrogens (tertiary/aromatic N) is 3. The van der Waals surface area contributed by atoms with Gasteiger partial charge in [-0.2, -0.15) is 0 Å². The second kappa shape index (κ2) is 8.96. The molecular weight excluding hydrogens is 379 g/mol. The molecule has 0 aliphatic carbocycles. The van der Waals surface area contributed by atoms with Crippen molar-refractivity contribution < 1.29 is 8.42 Å². The highest BCUT2D eigenvalue weighted by atomic mass is 127. The molecular formula is C11H25IN4O2S. The zero-order valence-electron chi connectivity index (χ0n) is 11.7. The first-order valence-corrected chi connectivity index (χ1v) is 7.99. The van der Waals surface area contributed by atoms with Crippen LogP contribution in [0.2, 0.25) is 0 Å². The van der Waals surface area contributed by atoms with Crippen LogP contribution in [-0.4, -0.2) is 63.1 Å². The Kier molecular flexibility index (Phi) is 8.92. The SMILES string of the molecule is CN(C)S(=O)(=O)CCN=C(N)N1CCCCCC1.I. The van der Waals surface area contributed by atoms with Crippen molar-refractivity contribution in [2.24, 2.45) is 10.7 Å². The van der Waals surface area contributed by atoms with Crippen LogP contribution >= 0.6 is 24.0 Å². The molecule has 0 atom stereocenters. The van der Waals surface area contributed by atoms with Gasteiger partial charge in [0, 0.05) is 27.2 Å². The normalized spacial score (nSPS) is 18.1. The predicted molar refractivity (Wildman–Crippen MR) is 89.4 cm³/mol. The van der Waals surface area contributed by atoms with E-state index < -0.39 is 10.0 Å². The highest BCUT2D eigenvalue weighted by Gasteiger charge is 2.14. The summed E-state index contributed by atoms with van der Waals surface area (Å²) in [5.74, 6) is 0.486. The first-order valence-electron chi connectivity index (χ1n) is 6.38. The van der Waals surface area contributed by atoms with Crippen molar-refractivity contribution in [2.75, 3.05) is 39.5 Å². The van der Waals surface area contributed by atoms with Crippen LogP contribution in [-0.2, 0) is 10.0 Å². The molecule has 0 saturated carbocycles. The van der Waals surface area contributed by atoms with Gasteiger partial charge in [0.25, 0.3) is 0 Å². The third kappa shape index (κ3) is 6.75. The number of halogens is 1. The topological polar surface area (TPSA) is 79.0 Å². The number of likely N-dealkylation sites (tertiary alicyclic amines) is 1. The second-order valence-corrected chi connectivity index (χ2v) is 7.04. The summed E-state index contributed by atoms with van der Waals surface area (Å²) in [7, 11) is -0.130. The van der Waals surface area contributed by atoms with E-state index in [1.807, 2.05) is 0 Å². The van der Waals surface area contributed by atoms with E-state index in [1.54, 1.807) is 0 Å². The Balaban J connectivity index is 0.00000324. The first-order chi connectivity index (χ1) is 8.43. The van der Waals surface area contributed by atoms with Crippen LogP contribution in [0.3, 0.4) is 0 Å². The number of guanidine groups is 1. The molecule has 1 aliphatic heterocycles. The van der Waals surface area contributed by atoms with E-state index in [2.05, 4.69) is 9.89 Å². The Bertz CT molecular complexity index is 376. The van der Waals surface area contributed by atoms with E-state index in [-0.39, 0.29) is 36.3 Å². The number of nitrogens with two attached hydrogens (primary N) is 1. The van der Waals surface area contributed by atoms with E-state index >= 15 is 0 Å². The molecule has 8 heteroatoms. The molecule has 1 fully saturated rings. The zero-order chi connectivity index (χ0) is 13.6. The molecule has 0 aromatic rings. The van der Waals surface area contributed by atoms with Crippen molar-refractivity contribution in [3.8, 4) is 0 Å². The second-order valence-electron chi connectivity index (χ2n) is 4.74. The van der Waals surface area contributed by atoms with Crippen molar-refractivity contribution >= 4 is 40.0 Å². The van der Waals surface area contributed by atoms with Crippen LogP contribution in [0.1, 0.15) is 25.7 Å². The quantitative estimate of drug-likeness (QED) is 0.425. The molecule has 0 amide bonds. The van der Waals surface area contributed by atoms with Crippen molar-refractivity contribution in [1.29, 1.82) is 0 Å². The smallest absolute Gasteiger partial charge is 0.215 e. The number of aliphatic imine (C=N–C) groups is 1. The number of hydrogen-bond donors (Lipinski definition) is 1. The standard InChI is InChI=1S/C11H24N4O2S.HI/c1-14(2)18(16,17)10-7-13-11(12)15-8-5-3-4-6-9-15;/h3-10H2,1-2H3,(H2,12,13);1H. The van der Waals surface area contributed by atoms with Crippen LogP contribution in [0.25, 0.3) is 0 Å². The van der Waals surface area contributed by atoms with Crippen LogP contribution in [0.5, 0.6) is 0 Å². The van der Waals surface area contributed by atoms with Gasteiger partial charge < -0.3 is 10.6 Å². The summed E-state index contributed by atoms with van der Waals surface area (Å²) in [6, 6.07) is 0. The fourth-order valence-electron chi connectivity index (χ4n) is 1.86. The summed E-state index contributed by atoms with van der Waals surface area (Å²) in [5, 5.41) is 0. The Labute approximate surface area is 133 Å². The van der Waals surface area contributed by atoms with E-state index in [0.717, 1.165) is 25.9 Å². The highest BCUT2D eigenvalue weighted by molar-refractivity contribution is 14.0. The molecule has 0 aromatic heterocycles. The molecule has 2 N–H and O–H groups in total. The van der Waals surface area contributed by atoms with E-state index in [9.17, 15) is 8.42 Å². The fourth-order valence-corrected chi connectivity index (χ4v) is 2.55. The fraction of sp³-hybridized carbons (Fsp3) is 0.909. The first kappa shape index (κ1) is 18.9. The summed E-state index contributed by atoms with van der Waals surface area (Å²) in [6.07, 6.45) is 4.73. The third-order valence-corrected chi connectivity index (χ3v) is 4.92. The van der Waals surface area contributed by atoms with Gasteiger partial charge in [-0.25, -0.2) is 12.7 Å². The maximum absolute atomic E-state index is 11.5. The van der Waals surface area contributed by atoms with Gasteiger partial charge in [0.15, 0.2) is 5.96 Å². The molecule has 0 bridgehead atoms. The number of rotatable bonds is 4. The minimum atomic E-state index is -3.18. The van der Waals surface area contributed by atoms with Gasteiger partial charge in [-0.05, 0) is 12.8 Å².